The van der Waals surface area contributed by atoms with E-state index >= 15 is 0 Å². The molecule has 1 aliphatic heterocycles. The zero-order valence-electron chi connectivity index (χ0n) is 10.5. The van der Waals surface area contributed by atoms with Crippen molar-refractivity contribution in [1.29, 1.82) is 0 Å². The fourth-order valence-corrected chi connectivity index (χ4v) is 2.38. The summed E-state index contributed by atoms with van der Waals surface area (Å²) in [6.07, 6.45) is 2.46. The summed E-state index contributed by atoms with van der Waals surface area (Å²) in [6, 6.07) is 9.98. The van der Waals surface area contributed by atoms with Gasteiger partial charge in [-0.25, -0.2) is 0 Å². The Kier molecular flexibility index (Phi) is 5.03. The van der Waals surface area contributed by atoms with Crippen molar-refractivity contribution < 1.29 is 9.59 Å². The summed E-state index contributed by atoms with van der Waals surface area (Å²) in [4.78, 5) is 24.7. The summed E-state index contributed by atoms with van der Waals surface area (Å²) in [5, 5.41) is 4.66. The van der Waals surface area contributed by atoms with E-state index in [2.05, 4.69) is 5.32 Å². The highest BCUT2D eigenvalue weighted by Crippen LogP contribution is 2.11. The van der Waals surface area contributed by atoms with Gasteiger partial charge in [0.25, 0.3) is 0 Å². The average Bonchev–Trinajstić information content (AvgIpc) is 2.43. The smallest absolute Gasteiger partial charge is 0.240 e. The molecule has 0 fully saturated rings. The summed E-state index contributed by atoms with van der Waals surface area (Å²) in [5.41, 5.74) is 1.19. The molecule has 0 spiro atoms. The molecule has 0 saturated carbocycles. The summed E-state index contributed by atoms with van der Waals surface area (Å²) in [6.45, 7) is 0.689. The quantitative estimate of drug-likeness (QED) is 0.884. The van der Waals surface area contributed by atoms with Gasteiger partial charge in [0.15, 0.2) is 0 Å². The number of benzene rings is 1. The minimum absolute atomic E-state index is 0.0225. The number of nitrogens with zero attached hydrogens (tertiary/aromatic N) is 1. The molecular formula is C14H16N2O2S. The minimum atomic E-state index is -0.124. The number of carbonyl (C=O) groups excluding carboxylic acids is 2. The highest BCUT2D eigenvalue weighted by Gasteiger charge is 2.16. The van der Waals surface area contributed by atoms with Crippen molar-refractivity contribution in [2.45, 2.75) is 6.42 Å². The van der Waals surface area contributed by atoms with Gasteiger partial charge in [0.1, 0.15) is 6.54 Å². The number of carbonyl (C=O) groups is 2. The van der Waals surface area contributed by atoms with Crippen molar-refractivity contribution in [3.63, 3.8) is 0 Å². The van der Waals surface area contributed by atoms with E-state index in [1.54, 1.807) is 6.20 Å². The fraction of sp³-hybridized carbons (Fsp3) is 0.286. The van der Waals surface area contributed by atoms with E-state index in [9.17, 15) is 9.59 Å². The van der Waals surface area contributed by atoms with Crippen LogP contribution < -0.4 is 5.32 Å². The van der Waals surface area contributed by atoms with Crippen LogP contribution >= 0.6 is 11.8 Å². The largest absolute Gasteiger partial charge is 0.354 e. The topological polar surface area (TPSA) is 49.4 Å². The maximum atomic E-state index is 11.7. The number of thioether (sulfide) groups is 1. The SMILES string of the molecule is O=C(CN1C=CSCC1=O)NCCc1ccccc1. The van der Waals surface area contributed by atoms with Gasteiger partial charge in [-0.15, -0.1) is 11.8 Å². The third kappa shape index (κ3) is 4.44. The first-order valence-corrected chi connectivity index (χ1v) is 7.19. The summed E-state index contributed by atoms with van der Waals surface area (Å²) < 4.78 is 0. The number of nitrogens with one attached hydrogen (secondary N) is 1. The van der Waals surface area contributed by atoms with Crippen LogP contribution in [0.15, 0.2) is 41.9 Å². The van der Waals surface area contributed by atoms with Crippen molar-refractivity contribution >= 4 is 23.6 Å². The second kappa shape index (κ2) is 6.99. The molecule has 0 aromatic heterocycles. The lowest BCUT2D eigenvalue weighted by molar-refractivity contribution is -0.131. The average molecular weight is 276 g/mol. The van der Waals surface area contributed by atoms with Crippen molar-refractivity contribution in [2.24, 2.45) is 0 Å². The maximum absolute atomic E-state index is 11.7. The van der Waals surface area contributed by atoms with Gasteiger partial charge in [-0.1, -0.05) is 30.3 Å². The van der Waals surface area contributed by atoms with Crippen molar-refractivity contribution in [2.75, 3.05) is 18.8 Å². The molecule has 100 valence electrons. The Bertz CT molecular complexity index is 474. The highest BCUT2D eigenvalue weighted by molar-refractivity contribution is 8.02. The van der Waals surface area contributed by atoms with Crippen molar-refractivity contribution in [3.8, 4) is 0 Å². The van der Waals surface area contributed by atoms with Crippen LogP contribution in [0.5, 0.6) is 0 Å². The van der Waals surface area contributed by atoms with Crippen molar-refractivity contribution in [3.05, 3.63) is 47.5 Å². The van der Waals surface area contributed by atoms with Gasteiger partial charge >= 0.3 is 0 Å². The minimum Gasteiger partial charge on any atom is -0.354 e. The summed E-state index contributed by atoms with van der Waals surface area (Å²) >= 11 is 1.45. The first-order valence-electron chi connectivity index (χ1n) is 6.14. The molecule has 0 bridgehead atoms. The molecule has 1 aromatic rings. The summed E-state index contributed by atoms with van der Waals surface area (Å²) in [5.74, 6) is 0.264. The number of amides is 2. The molecule has 0 saturated heterocycles. The molecule has 1 heterocycles. The highest BCUT2D eigenvalue weighted by atomic mass is 32.2. The number of rotatable bonds is 5. The molecule has 2 rings (SSSR count). The van der Waals surface area contributed by atoms with E-state index in [0.29, 0.717) is 12.3 Å². The van der Waals surface area contributed by atoms with Crippen LogP contribution in [0.2, 0.25) is 0 Å². The van der Waals surface area contributed by atoms with Gasteiger partial charge in [-0.2, -0.15) is 0 Å². The molecule has 0 aliphatic carbocycles. The first-order chi connectivity index (χ1) is 9.25. The van der Waals surface area contributed by atoms with Crippen LogP contribution in [0.25, 0.3) is 0 Å². The Balaban J connectivity index is 1.71. The second-order valence-corrected chi connectivity index (χ2v) is 5.10. The first kappa shape index (κ1) is 13.7. The Morgan fingerprint density at radius 1 is 1.32 bits per heavy atom. The van der Waals surface area contributed by atoms with Crippen molar-refractivity contribution in [1.82, 2.24) is 10.2 Å². The molecule has 5 heteroatoms. The van der Waals surface area contributed by atoms with E-state index in [1.807, 2.05) is 35.7 Å². The van der Waals surface area contributed by atoms with Gasteiger partial charge in [-0.3, -0.25) is 9.59 Å². The molecule has 1 aliphatic rings. The van der Waals surface area contributed by atoms with Gasteiger partial charge in [-0.05, 0) is 17.4 Å². The lowest BCUT2D eigenvalue weighted by Crippen LogP contribution is -2.39. The maximum Gasteiger partial charge on any atom is 0.240 e. The van der Waals surface area contributed by atoms with Gasteiger partial charge < -0.3 is 10.2 Å². The zero-order valence-corrected chi connectivity index (χ0v) is 11.4. The van der Waals surface area contributed by atoms with Crippen LogP contribution in [0.4, 0.5) is 0 Å². The molecular weight excluding hydrogens is 260 g/mol. The van der Waals surface area contributed by atoms with Crippen LogP contribution in [-0.2, 0) is 16.0 Å². The monoisotopic (exact) mass is 276 g/mol. The standard InChI is InChI=1S/C14H16N2O2S/c17-13(10-16-8-9-19-11-14(16)18)15-7-6-12-4-2-1-3-5-12/h1-5,8-9H,6-7,10-11H2,(H,15,17). The lowest BCUT2D eigenvalue weighted by Gasteiger charge is -2.20. The Hall–Kier alpha value is -1.75. The van der Waals surface area contributed by atoms with E-state index < -0.39 is 0 Å². The predicted octanol–water partition coefficient (Wildman–Crippen LogP) is 1.39. The van der Waals surface area contributed by atoms with Crippen LogP contribution in [0, 0.1) is 0 Å². The molecule has 1 N–H and O–H groups in total. The van der Waals surface area contributed by atoms with Gasteiger partial charge in [0, 0.05) is 12.7 Å². The van der Waals surface area contributed by atoms with E-state index in [-0.39, 0.29) is 18.4 Å². The van der Waals surface area contributed by atoms with Crippen LogP contribution in [-0.4, -0.2) is 35.6 Å². The fourth-order valence-electron chi connectivity index (χ4n) is 1.74. The zero-order chi connectivity index (χ0) is 13.5. The normalized spacial score (nSPS) is 14.5. The van der Waals surface area contributed by atoms with E-state index in [1.165, 1.54) is 22.2 Å². The Labute approximate surface area is 116 Å². The molecule has 0 unspecified atom stereocenters. The molecule has 0 atom stereocenters. The van der Waals surface area contributed by atoms with E-state index in [4.69, 9.17) is 0 Å². The molecule has 1 aromatic carbocycles. The van der Waals surface area contributed by atoms with Gasteiger partial charge in [0.05, 0.1) is 5.75 Å². The Morgan fingerprint density at radius 3 is 2.84 bits per heavy atom. The van der Waals surface area contributed by atoms with E-state index in [0.717, 1.165) is 6.42 Å². The third-order valence-corrected chi connectivity index (χ3v) is 3.48. The Morgan fingerprint density at radius 2 is 2.11 bits per heavy atom. The molecule has 19 heavy (non-hydrogen) atoms. The lowest BCUT2D eigenvalue weighted by atomic mass is 10.1. The molecule has 0 radical (unpaired) electrons. The van der Waals surface area contributed by atoms with Crippen LogP contribution in [0.1, 0.15) is 5.56 Å². The predicted molar refractivity (Wildman–Crippen MR) is 76.5 cm³/mol. The second-order valence-electron chi connectivity index (χ2n) is 4.20. The number of hydrogen-bond acceptors (Lipinski definition) is 3. The molecule has 4 nitrogen and oxygen atoms in total. The molecule has 2 amide bonds. The summed E-state index contributed by atoms with van der Waals surface area (Å²) in [7, 11) is 0. The third-order valence-electron chi connectivity index (χ3n) is 2.76. The number of hydrogen-bond donors (Lipinski definition) is 1. The van der Waals surface area contributed by atoms with Gasteiger partial charge in [0.2, 0.25) is 11.8 Å². The van der Waals surface area contributed by atoms with Crippen LogP contribution in [0.3, 0.4) is 0 Å².